The van der Waals surface area contributed by atoms with Crippen molar-refractivity contribution in [2.75, 3.05) is 7.11 Å². The first-order valence-electron chi connectivity index (χ1n) is 3.69. The van der Waals surface area contributed by atoms with E-state index in [1.54, 1.807) is 22.6 Å². The summed E-state index contributed by atoms with van der Waals surface area (Å²) in [5.41, 5.74) is -1.49. The highest BCUT2D eigenvalue weighted by Crippen LogP contribution is 2.28. The number of methoxy groups -OCH3 is 1. The Kier molecular flexibility index (Phi) is 3.89. The van der Waals surface area contributed by atoms with Gasteiger partial charge in [0.25, 0.3) is 6.43 Å². The van der Waals surface area contributed by atoms with E-state index in [2.05, 4.69) is 9.72 Å². The minimum Gasteiger partial charge on any atom is -0.465 e. The minimum atomic E-state index is -3.11. The van der Waals surface area contributed by atoms with Crippen molar-refractivity contribution >= 4 is 28.6 Å². The fourth-order valence-electron chi connectivity index (χ4n) is 0.988. The number of hydrogen-bond donors (Lipinski definition) is 0. The summed E-state index contributed by atoms with van der Waals surface area (Å²) in [6.07, 6.45) is -2.12. The van der Waals surface area contributed by atoms with Crippen molar-refractivity contribution in [1.29, 1.82) is 0 Å². The average molecular weight is 331 g/mol. The van der Waals surface area contributed by atoms with Crippen molar-refractivity contribution in [3.8, 4) is 0 Å². The summed E-state index contributed by atoms with van der Waals surface area (Å²) in [6.45, 7) is 0. The summed E-state index contributed by atoms with van der Waals surface area (Å²) in [5, 5.41) is 0. The van der Waals surface area contributed by atoms with Crippen LogP contribution >= 0.6 is 22.6 Å². The zero-order chi connectivity index (χ0) is 11.6. The van der Waals surface area contributed by atoms with Gasteiger partial charge in [0.05, 0.1) is 18.2 Å². The summed E-state index contributed by atoms with van der Waals surface area (Å²) < 4.78 is 42.3. The molecule has 0 radical (unpaired) electrons. The molecule has 0 saturated carbocycles. The molecule has 82 valence electrons. The highest BCUT2D eigenvalue weighted by molar-refractivity contribution is 14.1. The molecule has 0 atom stereocenters. The van der Waals surface area contributed by atoms with Crippen LogP contribution in [0.2, 0.25) is 0 Å². The number of nitrogens with zero attached hydrogens (tertiary/aromatic N) is 1. The lowest BCUT2D eigenvalue weighted by Crippen LogP contribution is -2.12. The third-order valence-corrected chi connectivity index (χ3v) is 2.45. The number of rotatable bonds is 2. The second kappa shape index (κ2) is 4.77. The Morgan fingerprint density at radius 3 is 2.67 bits per heavy atom. The first-order chi connectivity index (χ1) is 6.99. The van der Waals surface area contributed by atoms with Crippen LogP contribution in [0.4, 0.5) is 13.2 Å². The van der Waals surface area contributed by atoms with E-state index in [0.717, 1.165) is 13.3 Å². The summed E-state index contributed by atoms with van der Waals surface area (Å²) >= 11 is 1.61. The predicted octanol–water partition coefficient (Wildman–Crippen LogP) is 2.55. The van der Waals surface area contributed by atoms with Gasteiger partial charge in [-0.25, -0.2) is 18.6 Å². The third kappa shape index (κ3) is 2.39. The molecular weight excluding hydrogens is 326 g/mol. The molecule has 0 saturated heterocycles. The second-order valence-corrected chi connectivity index (χ2v) is 3.64. The maximum absolute atomic E-state index is 13.0. The molecule has 0 spiro atoms. The van der Waals surface area contributed by atoms with Gasteiger partial charge in [-0.3, -0.25) is 0 Å². The number of hydrogen-bond acceptors (Lipinski definition) is 3. The molecule has 0 aliphatic rings. The molecule has 1 aromatic heterocycles. The number of carbonyl (C=O) groups excluding carboxylic acids is 1. The van der Waals surface area contributed by atoms with Crippen LogP contribution in [0.25, 0.3) is 0 Å². The Labute approximate surface area is 96.8 Å². The Morgan fingerprint density at radius 1 is 1.60 bits per heavy atom. The predicted molar refractivity (Wildman–Crippen MR) is 53.2 cm³/mol. The van der Waals surface area contributed by atoms with Crippen molar-refractivity contribution in [1.82, 2.24) is 4.98 Å². The van der Waals surface area contributed by atoms with Crippen LogP contribution < -0.4 is 0 Å². The third-order valence-electron chi connectivity index (χ3n) is 1.63. The molecular formula is C8H5F3INO2. The monoisotopic (exact) mass is 331 g/mol. The maximum atomic E-state index is 13.0. The Balaban J connectivity index is 3.45. The van der Waals surface area contributed by atoms with Gasteiger partial charge in [-0.2, -0.15) is 4.39 Å². The van der Waals surface area contributed by atoms with Crippen LogP contribution in [0.15, 0.2) is 6.20 Å². The zero-order valence-electron chi connectivity index (χ0n) is 7.43. The molecule has 0 aromatic carbocycles. The molecule has 3 nitrogen and oxygen atoms in total. The van der Waals surface area contributed by atoms with Gasteiger partial charge in [0.1, 0.15) is 0 Å². The Bertz CT molecular complexity index is 398. The molecule has 0 amide bonds. The number of esters is 1. The van der Waals surface area contributed by atoms with Crippen molar-refractivity contribution in [3.05, 3.63) is 26.8 Å². The Hall–Kier alpha value is -0.860. The lowest BCUT2D eigenvalue weighted by atomic mass is 10.1. The molecule has 0 bridgehead atoms. The van der Waals surface area contributed by atoms with E-state index in [0.29, 0.717) is 0 Å². The first-order valence-corrected chi connectivity index (χ1v) is 4.77. The molecule has 0 aliphatic heterocycles. The number of alkyl halides is 2. The van der Waals surface area contributed by atoms with Gasteiger partial charge < -0.3 is 4.74 Å². The fourth-order valence-corrected chi connectivity index (χ4v) is 1.64. The standard InChI is InChI=1S/C8H5F3INO2/c1-15-8(14)4-3(12)2-13-7(11)5(4)6(9)10/h2,6H,1H3. The van der Waals surface area contributed by atoms with Crippen molar-refractivity contribution in [3.63, 3.8) is 0 Å². The largest absolute Gasteiger partial charge is 0.465 e. The van der Waals surface area contributed by atoms with E-state index in [9.17, 15) is 18.0 Å². The van der Waals surface area contributed by atoms with Gasteiger partial charge in [0.15, 0.2) is 0 Å². The number of pyridine rings is 1. The van der Waals surface area contributed by atoms with Crippen LogP contribution in [0.5, 0.6) is 0 Å². The quantitative estimate of drug-likeness (QED) is 0.475. The summed E-state index contributed by atoms with van der Waals surface area (Å²) in [7, 11) is 1.03. The van der Waals surface area contributed by atoms with Gasteiger partial charge in [-0.05, 0) is 22.6 Å². The number of ether oxygens (including phenoxy) is 1. The molecule has 0 N–H and O–H groups in total. The number of aromatic nitrogens is 1. The molecule has 1 aromatic rings. The van der Waals surface area contributed by atoms with Gasteiger partial charge in [0.2, 0.25) is 5.95 Å². The topological polar surface area (TPSA) is 39.2 Å². The van der Waals surface area contributed by atoms with Gasteiger partial charge in [-0.15, -0.1) is 0 Å². The second-order valence-electron chi connectivity index (χ2n) is 2.48. The van der Waals surface area contributed by atoms with Crippen LogP contribution in [0, 0.1) is 9.52 Å². The van der Waals surface area contributed by atoms with E-state index in [1.165, 1.54) is 0 Å². The van der Waals surface area contributed by atoms with Crippen LogP contribution in [-0.4, -0.2) is 18.1 Å². The van der Waals surface area contributed by atoms with Crippen LogP contribution in [0.1, 0.15) is 22.3 Å². The van der Waals surface area contributed by atoms with Crippen LogP contribution in [0.3, 0.4) is 0 Å². The van der Waals surface area contributed by atoms with E-state index >= 15 is 0 Å². The smallest absolute Gasteiger partial charge is 0.339 e. The molecule has 1 rings (SSSR count). The summed E-state index contributed by atoms with van der Waals surface area (Å²) in [5.74, 6) is -2.36. The minimum absolute atomic E-state index is 0.121. The lowest BCUT2D eigenvalue weighted by Gasteiger charge is -2.08. The fraction of sp³-hybridized carbons (Fsp3) is 0.250. The molecule has 0 unspecified atom stereocenters. The highest BCUT2D eigenvalue weighted by Gasteiger charge is 2.26. The van der Waals surface area contributed by atoms with E-state index in [1.807, 2.05) is 0 Å². The van der Waals surface area contributed by atoms with Gasteiger partial charge >= 0.3 is 5.97 Å². The molecule has 0 aliphatic carbocycles. The van der Waals surface area contributed by atoms with E-state index in [-0.39, 0.29) is 3.57 Å². The highest BCUT2D eigenvalue weighted by atomic mass is 127. The van der Waals surface area contributed by atoms with Crippen LogP contribution in [-0.2, 0) is 4.74 Å². The van der Waals surface area contributed by atoms with E-state index < -0.39 is 29.5 Å². The van der Waals surface area contributed by atoms with Crippen molar-refractivity contribution in [2.24, 2.45) is 0 Å². The van der Waals surface area contributed by atoms with Gasteiger partial charge in [0, 0.05) is 9.77 Å². The zero-order valence-corrected chi connectivity index (χ0v) is 9.59. The summed E-state index contributed by atoms with van der Waals surface area (Å²) in [6, 6.07) is 0. The number of carbonyl (C=O) groups is 1. The lowest BCUT2D eigenvalue weighted by molar-refractivity contribution is 0.0585. The van der Waals surface area contributed by atoms with Gasteiger partial charge in [-0.1, -0.05) is 0 Å². The number of halogens is 4. The summed E-state index contributed by atoms with van der Waals surface area (Å²) in [4.78, 5) is 14.3. The first kappa shape index (κ1) is 12.2. The molecule has 15 heavy (non-hydrogen) atoms. The van der Waals surface area contributed by atoms with Crippen molar-refractivity contribution in [2.45, 2.75) is 6.43 Å². The molecule has 1 heterocycles. The normalized spacial score (nSPS) is 10.5. The Morgan fingerprint density at radius 2 is 2.20 bits per heavy atom. The van der Waals surface area contributed by atoms with Crippen molar-refractivity contribution < 1.29 is 22.7 Å². The average Bonchev–Trinajstić information content (AvgIpc) is 2.19. The molecule has 7 heteroatoms. The molecule has 0 fully saturated rings. The SMILES string of the molecule is COC(=O)c1c(I)cnc(F)c1C(F)F. The van der Waals surface area contributed by atoms with E-state index in [4.69, 9.17) is 0 Å². The maximum Gasteiger partial charge on any atom is 0.339 e.